The van der Waals surface area contributed by atoms with E-state index in [1.807, 2.05) is 25.1 Å². The average molecular weight is 408 g/mol. The third-order valence-electron chi connectivity index (χ3n) is 6.15. The summed E-state index contributed by atoms with van der Waals surface area (Å²) in [6.07, 6.45) is 4.97. The van der Waals surface area contributed by atoms with E-state index in [-0.39, 0.29) is 40.4 Å². The van der Waals surface area contributed by atoms with Crippen LogP contribution in [0, 0.1) is 30.6 Å². The van der Waals surface area contributed by atoms with E-state index < -0.39 is 10.0 Å². The average Bonchev–Trinajstić information content (AvgIpc) is 3.35. The van der Waals surface area contributed by atoms with Gasteiger partial charge in [-0.1, -0.05) is 24.3 Å². The quantitative estimate of drug-likeness (QED) is 0.622. The van der Waals surface area contributed by atoms with Gasteiger partial charge in [0.1, 0.15) is 0 Å². The standard InChI is InChI=1S/C22H20N2O4S/c1-13-3-2-4-16(11-13)23-29(27,28)18-9-7-17(8-10-18)24-21(25)19-14-5-6-15(12-14)20(19)22(24)26/h2-11,14-15,19-20,23H,12H2,1H3/t14-,15?,19-,20+/m1/s1. The molecule has 2 aromatic carbocycles. The van der Waals surface area contributed by atoms with Crippen molar-refractivity contribution in [2.75, 3.05) is 9.62 Å². The number of nitrogens with zero attached hydrogens (tertiary/aromatic N) is 1. The minimum Gasteiger partial charge on any atom is -0.280 e. The summed E-state index contributed by atoms with van der Waals surface area (Å²) in [6, 6.07) is 13.0. The van der Waals surface area contributed by atoms with Crippen LogP contribution in [0.3, 0.4) is 0 Å². The molecule has 5 rings (SSSR count). The van der Waals surface area contributed by atoms with Crippen LogP contribution in [0.1, 0.15) is 12.0 Å². The third kappa shape index (κ3) is 2.80. The van der Waals surface area contributed by atoms with Crippen molar-refractivity contribution in [2.24, 2.45) is 23.7 Å². The van der Waals surface area contributed by atoms with Crippen molar-refractivity contribution >= 4 is 33.2 Å². The summed E-state index contributed by atoms with van der Waals surface area (Å²) in [5.41, 5.74) is 1.85. The van der Waals surface area contributed by atoms with Crippen LogP contribution in [0.4, 0.5) is 11.4 Å². The lowest BCUT2D eigenvalue weighted by molar-refractivity contribution is -0.123. The van der Waals surface area contributed by atoms with Gasteiger partial charge in [-0.15, -0.1) is 0 Å². The molecule has 1 heterocycles. The minimum atomic E-state index is -3.77. The molecule has 148 valence electrons. The van der Waals surface area contributed by atoms with Gasteiger partial charge in [0.25, 0.3) is 10.0 Å². The number of fused-ring (bicyclic) bond motifs is 5. The number of aryl methyl sites for hydroxylation is 1. The van der Waals surface area contributed by atoms with Gasteiger partial charge < -0.3 is 0 Å². The number of amides is 2. The smallest absolute Gasteiger partial charge is 0.261 e. The van der Waals surface area contributed by atoms with Gasteiger partial charge in [-0.05, 0) is 67.1 Å². The first kappa shape index (κ1) is 18.1. The molecule has 2 aliphatic carbocycles. The Hall–Kier alpha value is -2.93. The molecule has 0 spiro atoms. The van der Waals surface area contributed by atoms with E-state index in [1.165, 1.54) is 29.2 Å². The summed E-state index contributed by atoms with van der Waals surface area (Å²) in [4.78, 5) is 27.1. The molecule has 3 aliphatic rings. The number of benzene rings is 2. The lowest BCUT2D eigenvalue weighted by atomic mass is 9.85. The summed E-state index contributed by atoms with van der Waals surface area (Å²) < 4.78 is 27.9. The lowest BCUT2D eigenvalue weighted by Gasteiger charge is -2.17. The maximum absolute atomic E-state index is 12.9. The lowest BCUT2D eigenvalue weighted by Crippen LogP contribution is -2.32. The maximum Gasteiger partial charge on any atom is 0.261 e. The predicted molar refractivity (Wildman–Crippen MR) is 109 cm³/mol. The van der Waals surface area contributed by atoms with Crippen LogP contribution in [0.5, 0.6) is 0 Å². The molecule has 1 saturated heterocycles. The van der Waals surface area contributed by atoms with Crippen LogP contribution in [-0.4, -0.2) is 20.2 Å². The number of anilines is 2. The Labute approximate surface area is 169 Å². The van der Waals surface area contributed by atoms with E-state index in [1.54, 1.807) is 18.2 Å². The highest BCUT2D eigenvalue weighted by Crippen LogP contribution is 2.53. The van der Waals surface area contributed by atoms with Gasteiger partial charge in [0, 0.05) is 5.69 Å². The van der Waals surface area contributed by atoms with Crippen LogP contribution >= 0.6 is 0 Å². The van der Waals surface area contributed by atoms with Gasteiger partial charge in [0.15, 0.2) is 0 Å². The molecule has 2 fully saturated rings. The van der Waals surface area contributed by atoms with Crippen LogP contribution in [0.2, 0.25) is 0 Å². The van der Waals surface area contributed by atoms with Crippen molar-refractivity contribution in [1.29, 1.82) is 0 Å². The SMILES string of the molecule is Cc1cccc(NS(=O)(=O)c2ccc(N3C(=O)[C@@H]4[C@@H]5C=CC(C5)[C@@H]4C3=O)cc2)c1. The molecular formula is C22H20N2O4S. The molecule has 1 aliphatic heterocycles. The van der Waals surface area contributed by atoms with Crippen molar-refractivity contribution < 1.29 is 18.0 Å². The highest BCUT2D eigenvalue weighted by Gasteiger charge is 2.59. The van der Waals surface area contributed by atoms with E-state index >= 15 is 0 Å². The number of nitrogens with one attached hydrogen (secondary N) is 1. The highest BCUT2D eigenvalue weighted by molar-refractivity contribution is 7.92. The molecule has 1 N–H and O–H groups in total. The zero-order valence-corrected chi connectivity index (χ0v) is 16.6. The summed E-state index contributed by atoms with van der Waals surface area (Å²) in [5.74, 6) is -0.613. The topological polar surface area (TPSA) is 83.6 Å². The first-order valence-electron chi connectivity index (χ1n) is 9.61. The van der Waals surface area contributed by atoms with Gasteiger partial charge in [-0.3, -0.25) is 19.2 Å². The molecule has 7 heteroatoms. The van der Waals surface area contributed by atoms with Gasteiger partial charge in [0.05, 0.1) is 22.4 Å². The van der Waals surface area contributed by atoms with Crippen LogP contribution in [0.25, 0.3) is 0 Å². The zero-order valence-electron chi connectivity index (χ0n) is 15.8. The minimum absolute atomic E-state index is 0.0729. The summed E-state index contributed by atoms with van der Waals surface area (Å²) >= 11 is 0. The molecule has 6 nitrogen and oxygen atoms in total. The predicted octanol–water partition coefficient (Wildman–Crippen LogP) is 3.11. The van der Waals surface area contributed by atoms with E-state index in [4.69, 9.17) is 0 Å². The number of rotatable bonds is 4. The Balaban J connectivity index is 1.39. The van der Waals surface area contributed by atoms with E-state index in [0.717, 1.165) is 12.0 Å². The number of hydrogen-bond acceptors (Lipinski definition) is 4. The molecule has 0 radical (unpaired) electrons. The van der Waals surface area contributed by atoms with Gasteiger partial charge in [-0.2, -0.15) is 0 Å². The molecular weight excluding hydrogens is 388 g/mol. The Morgan fingerprint density at radius 1 is 0.931 bits per heavy atom. The molecule has 2 aromatic rings. The van der Waals surface area contributed by atoms with Crippen molar-refractivity contribution in [3.8, 4) is 0 Å². The first-order valence-corrected chi connectivity index (χ1v) is 11.1. The second-order valence-electron chi connectivity index (χ2n) is 7.98. The van der Waals surface area contributed by atoms with Crippen molar-refractivity contribution in [3.05, 3.63) is 66.2 Å². The fraction of sp³-hybridized carbons (Fsp3) is 0.273. The molecule has 0 aromatic heterocycles. The molecule has 4 atom stereocenters. The van der Waals surface area contributed by atoms with Crippen molar-refractivity contribution in [1.82, 2.24) is 0 Å². The molecule has 1 saturated carbocycles. The Morgan fingerprint density at radius 2 is 1.55 bits per heavy atom. The van der Waals surface area contributed by atoms with Crippen LogP contribution < -0.4 is 9.62 Å². The molecule has 2 bridgehead atoms. The van der Waals surface area contributed by atoms with E-state index in [9.17, 15) is 18.0 Å². The number of hydrogen-bond donors (Lipinski definition) is 1. The van der Waals surface area contributed by atoms with Crippen LogP contribution in [-0.2, 0) is 19.6 Å². The van der Waals surface area contributed by atoms with Gasteiger partial charge in [0.2, 0.25) is 11.8 Å². The number of carbonyl (C=O) groups is 2. The summed E-state index contributed by atoms with van der Waals surface area (Å²) in [5, 5.41) is 0. The summed E-state index contributed by atoms with van der Waals surface area (Å²) in [7, 11) is -3.77. The second kappa shape index (κ2) is 6.29. The zero-order chi connectivity index (χ0) is 20.3. The number of allylic oxidation sites excluding steroid dienone is 2. The highest BCUT2D eigenvalue weighted by atomic mass is 32.2. The fourth-order valence-corrected chi connectivity index (χ4v) is 5.90. The van der Waals surface area contributed by atoms with E-state index in [2.05, 4.69) is 4.72 Å². The van der Waals surface area contributed by atoms with Crippen molar-refractivity contribution in [2.45, 2.75) is 18.2 Å². The fourth-order valence-electron chi connectivity index (χ4n) is 4.85. The number of sulfonamides is 1. The maximum atomic E-state index is 12.9. The Morgan fingerprint density at radius 3 is 2.14 bits per heavy atom. The second-order valence-corrected chi connectivity index (χ2v) is 9.66. The Kier molecular flexibility index (Phi) is 3.93. The number of carbonyl (C=O) groups excluding carboxylic acids is 2. The monoisotopic (exact) mass is 408 g/mol. The number of imide groups is 1. The molecule has 2 amide bonds. The first-order chi connectivity index (χ1) is 13.8. The Bertz CT molecular complexity index is 1120. The largest absolute Gasteiger partial charge is 0.280 e. The molecule has 29 heavy (non-hydrogen) atoms. The molecule has 1 unspecified atom stereocenters. The summed E-state index contributed by atoms with van der Waals surface area (Å²) in [6.45, 7) is 1.88. The third-order valence-corrected chi connectivity index (χ3v) is 7.54. The van der Waals surface area contributed by atoms with Crippen molar-refractivity contribution in [3.63, 3.8) is 0 Å². The normalized spacial score (nSPS) is 27.6. The van der Waals surface area contributed by atoms with Gasteiger partial charge >= 0.3 is 0 Å². The van der Waals surface area contributed by atoms with E-state index in [0.29, 0.717) is 11.4 Å². The van der Waals surface area contributed by atoms with Gasteiger partial charge in [-0.25, -0.2) is 8.42 Å². The van der Waals surface area contributed by atoms with Crippen LogP contribution in [0.15, 0.2) is 65.6 Å².